The monoisotopic (exact) mass is 357 g/mol. The number of aromatic nitrogens is 2. The molecule has 0 atom stereocenters. The Hall–Kier alpha value is -2.12. The number of nitrogens with zero attached hydrogens (tertiary/aromatic N) is 3. The number of nitrogens with one attached hydrogen (secondary N) is 1. The van der Waals surface area contributed by atoms with Gasteiger partial charge in [0.2, 0.25) is 0 Å². The zero-order valence-electron chi connectivity index (χ0n) is 14.3. The first-order valence-electron chi connectivity index (χ1n) is 8.50. The molecule has 1 saturated carbocycles. The van der Waals surface area contributed by atoms with E-state index in [1.165, 1.54) is 50.4 Å². The minimum atomic E-state index is -0.242. The standard InChI is InChI=1S/C18H23N5OS/c1-23(14-5-3-2-4-6-14)17-11-16(20-12-21-17)18(24)22-13-7-9-15(25-19)10-8-13/h7-12,14H,2-6,19H2,1H3,(H,22,24). The Labute approximate surface area is 152 Å². The van der Waals surface area contributed by atoms with Gasteiger partial charge in [0.1, 0.15) is 17.8 Å². The van der Waals surface area contributed by atoms with Crippen LogP contribution in [0.2, 0.25) is 0 Å². The van der Waals surface area contributed by atoms with E-state index in [1.54, 1.807) is 6.07 Å². The number of carbonyl (C=O) groups is 1. The van der Waals surface area contributed by atoms with Crippen LogP contribution in [0.15, 0.2) is 41.6 Å². The summed E-state index contributed by atoms with van der Waals surface area (Å²) < 4.78 is 0. The predicted molar refractivity (Wildman–Crippen MR) is 102 cm³/mol. The maximum atomic E-state index is 12.5. The summed E-state index contributed by atoms with van der Waals surface area (Å²) in [6.07, 6.45) is 7.62. The second-order valence-corrected chi connectivity index (χ2v) is 6.97. The number of carbonyl (C=O) groups excluding carboxylic acids is 1. The summed E-state index contributed by atoms with van der Waals surface area (Å²) in [5.41, 5.74) is 1.08. The molecule has 3 N–H and O–H groups in total. The average molecular weight is 357 g/mol. The van der Waals surface area contributed by atoms with Crippen LogP contribution in [0, 0.1) is 0 Å². The fraction of sp³-hybridized carbons (Fsp3) is 0.389. The molecule has 0 radical (unpaired) electrons. The molecule has 0 unspecified atom stereocenters. The lowest BCUT2D eigenvalue weighted by atomic mass is 9.94. The molecule has 7 heteroatoms. The van der Waals surface area contributed by atoms with Crippen LogP contribution in [0.4, 0.5) is 11.5 Å². The number of amides is 1. The van der Waals surface area contributed by atoms with Gasteiger partial charge in [0.25, 0.3) is 5.91 Å². The van der Waals surface area contributed by atoms with E-state index in [4.69, 9.17) is 5.14 Å². The van der Waals surface area contributed by atoms with Crippen molar-refractivity contribution in [2.75, 3.05) is 17.3 Å². The van der Waals surface area contributed by atoms with Gasteiger partial charge in [0.15, 0.2) is 0 Å². The summed E-state index contributed by atoms with van der Waals surface area (Å²) in [7, 11) is 2.04. The van der Waals surface area contributed by atoms with E-state index in [0.29, 0.717) is 17.4 Å². The molecule has 0 aliphatic heterocycles. The highest BCUT2D eigenvalue weighted by Gasteiger charge is 2.20. The second kappa shape index (κ2) is 8.31. The summed E-state index contributed by atoms with van der Waals surface area (Å²) in [5.74, 6) is 0.552. The van der Waals surface area contributed by atoms with Gasteiger partial charge in [-0.3, -0.25) is 9.93 Å². The summed E-state index contributed by atoms with van der Waals surface area (Å²) in [4.78, 5) is 24.1. The van der Waals surface area contributed by atoms with E-state index < -0.39 is 0 Å². The molecular formula is C18H23N5OS. The Balaban J connectivity index is 1.70. The van der Waals surface area contributed by atoms with Crippen LogP contribution >= 0.6 is 11.9 Å². The van der Waals surface area contributed by atoms with E-state index in [2.05, 4.69) is 20.2 Å². The van der Waals surface area contributed by atoms with Crippen LogP contribution in [0.3, 0.4) is 0 Å². The van der Waals surface area contributed by atoms with Crippen molar-refractivity contribution >= 4 is 29.4 Å². The Morgan fingerprint density at radius 2 is 1.92 bits per heavy atom. The lowest BCUT2D eigenvalue weighted by molar-refractivity contribution is 0.102. The van der Waals surface area contributed by atoms with Crippen molar-refractivity contribution in [2.24, 2.45) is 5.14 Å². The Bertz CT molecular complexity index is 716. The molecule has 1 fully saturated rings. The van der Waals surface area contributed by atoms with Crippen molar-refractivity contribution in [2.45, 2.75) is 43.0 Å². The van der Waals surface area contributed by atoms with Crippen LogP contribution < -0.4 is 15.4 Å². The lowest BCUT2D eigenvalue weighted by Crippen LogP contribution is -2.34. The van der Waals surface area contributed by atoms with Crippen LogP contribution in [-0.4, -0.2) is 29.0 Å². The fourth-order valence-corrected chi connectivity index (χ4v) is 3.42. The van der Waals surface area contributed by atoms with E-state index >= 15 is 0 Å². The smallest absolute Gasteiger partial charge is 0.274 e. The first-order chi connectivity index (χ1) is 12.2. The Morgan fingerprint density at radius 3 is 2.60 bits per heavy atom. The molecule has 0 bridgehead atoms. The number of hydrogen-bond donors (Lipinski definition) is 2. The summed E-state index contributed by atoms with van der Waals surface area (Å²) in [5, 5.41) is 8.36. The normalized spacial score (nSPS) is 15.0. The molecule has 1 heterocycles. The molecule has 3 rings (SSSR count). The molecule has 132 valence electrons. The number of rotatable bonds is 5. The average Bonchev–Trinajstić information content (AvgIpc) is 2.68. The van der Waals surface area contributed by atoms with Crippen molar-refractivity contribution < 1.29 is 4.79 Å². The van der Waals surface area contributed by atoms with Gasteiger partial charge in [-0.1, -0.05) is 19.3 Å². The highest BCUT2D eigenvalue weighted by molar-refractivity contribution is 7.97. The third-order valence-corrected chi connectivity index (χ3v) is 5.16. The van der Waals surface area contributed by atoms with Crippen LogP contribution in [0.1, 0.15) is 42.6 Å². The van der Waals surface area contributed by atoms with Gasteiger partial charge in [-0.25, -0.2) is 9.97 Å². The Morgan fingerprint density at radius 1 is 1.20 bits per heavy atom. The maximum absolute atomic E-state index is 12.5. The van der Waals surface area contributed by atoms with Crippen LogP contribution in [0.5, 0.6) is 0 Å². The molecule has 2 aromatic rings. The first kappa shape index (κ1) is 17.7. The van der Waals surface area contributed by atoms with Crippen molar-refractivity contribution in [3.8, 4) is 0 Å². The molecular weight excluding hydrogens is 334 g/mol. The predicted octanol–water partition coefficient (Wildman–Crippen LogP) is 3.46. The van der Waals surface area contributed by atoms with Crippen LogP contribution in [-0.2, 0) is 0 Å². The first-order valence-corrected chi connectivity index (χ1v) is 9.38. The zero-order chi connectivity index (χ0) is 17.6. The molecule has 6 nitrogen and oxygen atoms in total. The van der Waals surface area contributed by atoms with Gasteiger partial charge in [-0.05, 0) is 49.1 Å². The molecule has 1 aromatic carbocycles. The van der Waals surface area contributed by atoms with Gasteiger partial charge in [-0.15, -0.1) is 0 Å². The van der Waals surface area contributed by atoms with Gasteiger partial charge in [0, 0.05) is 29.7 Å². The van der Waals surface area contributed by atoms with Crippen LogP contribution in [0.25, 0.3) is 0 Å². The van der Waals surface area contributed by atoms with Gasteiger partial charge >= 0.3 is 0 Å². The highest BCUT2D eigenvalue weighted by atomic mass is 32.2. The largest absolute Gasteiger partial charge is 0.357 e. The minimum Gasteiger partial charge on any atom is -0.357 e. The third-order valence-electron chi connectivity index (χ3n) is 4.62. The molecule has 1 aliphatic carbocycles. The maximum Gasteiger partial charge on any atom is 0.274 e. The zero-order valence-corrected chi connectivity index (χ0v) is 15.1. The van der Waals surface area contributed by atoms with Crippen molar-refractivity contribution in [1.82, 2.24) is 9.97 Å². The molecule has 0 spiro atoms. The van der Waals surface area contributed by atoms with Gasteiger partial charge in [-0.2, -0.15) is 0 Å². The van der Waals surface area contributed by atoms with E-state index in [0.717, 1.165) is 10.7 Å². The highest BCUT2D eigenvalue weighted by Crippen LogP contribution is 2.25. The number of benzene rings is 1. The molecule has 1 amide bonds. The molecule has 25 heavy (non-hydrogen) atoms. The fourth-order valence-electron chi connectivity index (χ4n) is 3.13. The van der Waals surface area contributed by atoms with Gasteiger partial charge in [0.05, 0.1) is 0 Å². The molecule has 0 saturated heterocycles. The van der Waals surface area contributed by atoms with Crippen molar-refractivity contribution in [1.29, 1.82) is 0 Å². The lowest BCUT2D eigenvalue weighted by Gasteiger charge is -2.32. The second-order valence-electron chi connectivity index (χ2n) is 6.26. The van der Waals surface area contributed by atoms with E-state index in [9.17, 15) is 4.79 Å². The third kappa shape index (κ3) is 4.49. The quantitative estimate of drug-likeness (QED) is 0.797. The van der Waals surface area contributed by atoms with Crippen molar-refractivity contribution in [3.05, 3.63) is 42.4 Å². The number of nitrogens with two attached hydrogens (primary N) is 1. The topological polar surface area (TPSA) is 84.1 Å². The molecule has 1 aromatic heterocycles. The van der Waals surface area contributed by atoms with Gasteiger partial charge < -0.3 is 10.2 Å². The SMILES string of the molecule is CN(c1cc(C(=O)Nc2ccc(SN)cc2)ncn1)C1CCCCC1. The summed E-state index contributed by atoms with van der Waals surface area (Å²) in [6, 6.07) is 9.62. The number of anilines is 2. The van der Waals surface area contributed by atoms with E-state index in [-0.39, 0.29) is 5.91 Å². The summed E-state index contributed by atoms with van der Waals surface area (Å²) in [6.45, 7) is 0. The van der Waals surface area contributed by atoms with Crippen molar-refractivity contribution in [3.63, 3.8) is 0 Å². The number of hydrogen-bond acceptors (Lipinski definition) is 6. The Kier molecular flexibility index (Phi) is 5.88. The van der Waals surface area contributed by atoms with E-state index in [1.807, 2.05) is 31.3 Å². The minimum absolute atomic E-state index is 0.242. The summed E-state index contributed by atoms with van der Waals surface area (Å²) >= 11 is 1.17. The molecule has 1 aliphatic rings.